The molecular weight excluding hydrogens is 658 g/mol. The predicted octanol–water partition coefficient (Wildman–Crippen LogP) is 5.85. The number of nitrogens with zero attached hydrogens (tertiary/aromatic N) is 3. The van der Waals surface area contributed by atoms with Crippen molar-refractivity contribution in [1.82, 2.24) is 9.21 Å². The fourth-order valence-electron chi connectivity index (χ4n) is 6.69. The molecule has 0 unspecified atom stereocenters. The molecule has 0 N–H and O–H groups in total. The maximum absolute atomic E-state index is 14.4. The number of benzene rings is 3. The number of anilines is 1. The number of fused-ring (bicyclic) bond motifs is 1. The fraction of sp³-hybridized carbons (Fsp3) is 0.500. The van der Waals surface area contributed by atoms with Gasteiger partial charge in [-0.05, 0) is 74.2 Å². The molecular formula is C38H51N3O8S. The third-order valence-electron chi connectivity index (χ3n) is 9.41. The molecule has 0 saturated carbocycles. The minimum absolute atomic E-state index is 0.128. The molecule has 0 spiro atoms. The number of hydrogen-bond acceptors (Lipinski definition) is 9. The molecule has 0 bridgehead atoms. The number of sulfonamides is 1. The maximum atomic E-state index is 14.4. The Kier molecular flexibility index (Phi) is 12.7. The van der Waals surface area contributed by atoms with E-state index in [-0.39, 0.29) is 24.0 Å². The third-order valence-corrected chi connectivity index (χ3v) is 11.3. The normalized spacial score (nSPS) is 20.0. The number of carbonyl (C=O) groups is 1. The molecule has 50 heavy (non-hydrogen) atoms. The van der Waals surface area contributed by atoms with Crippen LogP contribution < -0.4 is 14.4 Å². The fourth-order valence-corrected chi connectivity index (χ4v) is 8.35. The number of ether oxygens (including phenoxy) is 5. The number of aryl methyl sites for hydroxylation is 1. The van der Waals surface area contributed by atoms with Crippen molar-refractivity contribution in [2.24, 2.45) is 0 Å². The summed E-state index contributed by atoms with van der Waals surface area (Å²) in [4.78, 5) is 16.3. The number of rotatable bonds is 14. The Bertz CT molecular complexity index is 1670. The Morgan fingerprint density at radius 1 is 1.04 bits per heavy atom. The SMILES string of the molecule is COCCCN1CCOc2ccc(CO[C@H]3CN(S(=O)(=O)c4ccc(C)cc4)[C@@H](C[C@H](C)OC(=O)N(C)C)C[C@@H]3c3ccc(OC)cc3)cc21. The second kappa shape index (κ2) is 16.9. The molecule has 0 radical (unpaired) electrons. The highest BCUT2D eigenvalue weighted by atomic mass is 32.2. The van der Waals surface area contributed by atoms with E-state index in [1.807, 2.05) is 43.3 Å². The molecule has 1 saturated heterocycles. The van der Waals surface area contributed by atoms with Gasteiger partial charge in [0.2, 0.25) is 10.0 Å². The molecule has 3 aromatic carbocycles. The molecule has 1 amide bonds. The molecule has 4 atom stereocenters. The van der Waals surface area contributed by atoms with E-state index < -0.39 is 34.4 Å². The summed E-state index contributed by atoms with van der Waals surface area (Å²) < 4.78 is 59.4. The minimum atomic E-state index is -3.93. The first-order chi connectivity index (χ1) is 24.0. The first-order valence-corrected chi connectivity index (χ1v) is 18.7. The van der Waals surface area contributed by atoms with Gasteiger partial charge in [-0.2, -0.15) is 4.31 Å². The van der Waals surface area contributed by atoms with Crippen LogP contribution in [0, 0.1) is 6.92 Å². The second-order valence-corrected chi connectivity index (χ2v) is 15.2. The average molecular weight is 710 g/mol. The van der Waals surface area contributed by atoms with Gasteiger partial charge in [-0.3, -0.25) is 0 Å². The summed E-state index contributed by atoms with van der Waals surface area (Å²) in [6.45, 7) is 7.10. The number of piperidine rings is 1. The summed E-state index contributed by atoms with van der Waals surface area (Å²) >= 11 is 0. The monoisotopic (exact) mass is 709 g/mol. The molecule has 2 aliphatic rings. The van der Waals surface area contributed by atoms with E-state index in [0.29, 0.717) is 26.1 Å². The van der Waals surface area contributed by atoms with Gasteiger partial charge in [-0.1, -0.05) is 35.9 Å². The third kappa shape index (κ3) is 9.08. The van der Waals surface area contributed by atoms with E-state index in [2.05, 4.69) is 11.0 Å². The summed E-state index contributed by atoms with van der Waals surface area (Å²) in [5, 5.41) is 0. The Hall–Kier alpha value is -3.84. The predicted molar refractivity (Wildman–Crippen MR) is 193 cm³/mol. The summed E-state index contributed by atoms with van der Waals surface area (Å²) in [5.41, 5.74) is 3.98. The Balaban J connectivity index is 1.46. The topological polar surface area (TPSA) is 107 Å². The zero-order valence-corrected chi connectivity index (χ0v) is 30.9. The van der Waals surface area contributed by atoms with E-state index in [4.69, 9.17) is 23.7 Å². The van der Waals surface area contributed by atoms with E-state index >= 15 is 0 Å². The van der Waals surface area contributed by atoms with Crippen LogP contribution in [0.2, 0.25) is 0 Å². The molecule has 272 valence electrons. The zero-order chi connectivity index (χ0) is 35.8. The lowest BCUT2D eigenvalue weighted by Gasteiger charge is -2.44. The Morgan fingerprint density at radius 3 is 2.46 bits per heavy atom. The van der Waals surface area contributed by atoms with E-state index in [1.165, 1.54) is 4.90 Å². The van der Waals surface area contributed by atoms with Crippen molar-refractivity contribution < 1.29 is 36.9 Å². The number of hydrogen-bond donors (Lipinski definition) is 0. The molecule has 2 heterocycles. The standard InChI is InChI=1S/C38H51N3O8S/c1-27-8-15-33(16-9-27)50(43,44)41-25-37(48-26-29-10-17-36-35(23-29)40(19-21-47-36)18-7-20-45-5)34(30-11-13-32(46-6)14-12-30)24-31(41)22-28(2)49-38(42)39(3)4/h8-17,23,28,31,34,37H,7,18-22,24-26H2,1-6H3/t28-,31-,34+,37-/m0/s1. The highest BCUT2D eigenvalue weighted by Crippen LogP contribution is 2.40. The number of carbonyl (C=O) groups excluding carboxylic acids is 1. The first-order valence-electron chi connectivity index (χ1n) is 17.2. The Labute approximate surface area is 297 Å². The second-order valence-electron chi connectivity index (χ2n) is 13.3. The highest BCUT2D eigenvalue weighted by Gasteiger charge is 2.43. The van der Waals surface area contributed by atoms with Crippen LogP contribution in [0.15, 0.2) is 71.6 Å². The van der Waals surface area contributed by atoms with Gasteiger partial charge in [0.05, 0.1) is 36.9 Å². The van der Waals surface area contributed by atoms with Crippen molar-refractivity contribution in [2.45, 2.75) is 68.8 Å². The van der Waals surface area contributed by atoms with E-state index in [1.54, 1.807) is 63.8 Å². The molecule has 0 aromatic heterocycles. The smallest absolute Gasteiger partial charge is 0.409 e. The first kappa shape index (κ1) is 37.4. The number of amides is 1. The Morgan fingerprint density at radius 2 is 1.78 bits per heavy atom. The van der Waals surface area contributed by atoms with Gasteiger partial charge in [-0.15, -0.1) is 0 Å². The van der Waals surface area contributed by atoms with Gasteiger partial charge in [-0.25, -0.2) is 13.2 Å². The van der Waals surface area contributed by atoms with E-state index in [9.17, 15) is 13.2 Å². The molecule has 5 rings (SSSR count). The van der Waals surface area contributed by atoms with Crippen molar-refractivity contribution in [1.29, 1.82) is 0 Å². The summed E-state index contributed by atoms with van der Waals surface area (Å²) in [6, 6.07) is 20.4. The van der Waals surface area contributed by atoms with Crippen LogP contribution in [0.25, 0.3) is 0 Å². The van der Waals surface area contributed by atoms with Crippen LogP contribution in [-0.4, -0.2) is 103 Å². The summed E-state index contributed by atoms with van der Waals surface area (Å²) in [5.74, 6) is 1.44. The van der Waals surface area contributed by atoms with Gasteiger partial charge < -0.3 is 33.5 Å². The lowest BCUT2D eigenvalue weighted by Crippen LogP contribution is -2.53. The van der Waals surface area contributed by atoms with E-state index in [0.717, 1.165) is 53.4 Å². The zero-order valence-electron chi connectivity index (χ0n) is 30.0. The molecule has 12 heteroatoms. The minimum Gasteiger partial charge on any atom is -0.497 e. The van der Waals surface area contributed by atoms with Crippen LogP contribution in [0.3, 0.4) is 0 Å². The van der Waals surface area contributed by atoms with Crippen LogP contribution in [0.4, 0.5) is 10.5 Å². The van der Waals surface area contributed by atoms with Crippen molar-refractivity contribution in [3.05, 3.63) is 83.4 Å². The average Bonchev–Trinajstić information content (AvgIpc) is 3.11. The highest BCUT2D eigenvalue weighted by molar-refractivity contribution is 7.89. The van der Waals surface area contributed by atoms with Crippen molar-refractivity contribution >= 4 is 21.8 Å². The number of methoxy groups -OCH3 is 2. The maximum Gasteiger partial charge on any atom is 0.409 e. The van der Waals surface area contributed by atoms with Gasteiger partial charge in [0.1, 0.15) is 24.2 Å². The summed E-state index contributed by atoms with van der Waals surface area (Å²) in [7, 11) is 2.66. The van der Waals surface area contributed by atoms with Gasteiger partial charge >= 0.3 is 6.09 Å². The molecule has 11 nitrogen and oxygen atoms in total. The lowest BCUT2D eigenvalue weighted by molar-refractivity contribution is -0.0269. The van der Waals surface area contributed by atoms with Crippen LogP contribution in [-0.2, 0) is 30.8 Å². The summed E-state index contributed by atoms with van der Waals surface area (Å²) in [6.07, 6.45) is 0.239. The molecule has 3 aromatic rings. The van der Waals surface area contributed by atoms with Crippen LogP contribution in [0.1, 0.15) is 48.8 Å². The van der Waals surface area contributed by atoms with Crippen molar-refractivity contribution in [2.75, 3.05) is 66.1 Å². The quantitative estimate of drug-likeness (QED) is 0.191. The van der Waals surface area contributed by atoms with Crippen molar-refractivity contribution in [3.63, 3.8) is 0 Å². The van der Waals surface area contributed by atoms with Gasteiger partial charge in [0, 0.05) is 59.3 Å². The van der Waals surface area contributed by atoms with Crippen LogP contribution >= 0.6 is 0 Å². The molecule has 2 aliphatic heterocycles. The lowest BCUT2D eigenvalue weighted by atomic mass is 9.82. The van der Waals surface area contributed by atoms with Gasteiger partial charge in [0.25, 0.3) is 0 Å². The van der Waals surface area contributed by atoms with Crippen LogP contribution in [0.5, 0.6) is 11.5 Å². The molecule has 0 aliphatic carbocycles. The molecule has 1 fully saturated rings. The van der Waals surface area contributed by atoms with Gasteiger partial charge in [0.15, 0.2) is 0 Å². The largest absolute Gasteiger partial charge is 0.497 e. The van der Waals surface area contributed by atoms with Crippen molar-refractivity contribution in [3.8, 4) is 11.5 Å².